The standard InChI is InChI=1S/C23H37N5O6/c1-7-14-12-23(14,20(32)34-8-2)27-21(33)28-11-9-10-15(28)18(30)26-17(22(3,4)5)19(31)25-13-16(29)24-6/h7,14-15,17H,1,8-13H2,2-6H3,(H,24,29)(H,25,31)(H,26,30)(H,27,33)/t14?,15-,17-,23?/m1/s1. The Morgan fingerprint density at radius 1 is 1.24 bits per heavy atom. The Kier molecular flexibility index (Phi) is 8.68. The molecule has 1 saturated carbocycles. The summed E-state index contributed by atoms with van der Waals surface area (Å²) in [7, 11) is 1.46. The molecule has 11 nitrogen and oxygen atoms in total. The normalized spacial score (nSPS) is 24.4. The van der Waals surface area contributed by atoms with Gasteiger partial charge in [0.1, 0.15) is 17.6 Å². The van der Waals surface area contributed by atoms with Crippen molar-refractivity contribution in [3.8, 4) is 0 Å². The van der Waals surface area contributed by atoms with Gasteiger partial charge in [0.15, 0.2) is 0 Å². The zero-order chi connectivity index (χ0) is 25.7. The summed E-state index contributed by atoms with van der Waals surface area (Å²) in [4.78, 5) is 64.3. The molecule has 1 aliphatic carbocycles. The molecular weight excluding hydrogens is 442 g/mol. The van der Waals surface area contributed by atoms with Crippen LogP contribution in [0.4, 0.5) is 4.79 Å². The van der Waals surface area contributed by atoms with E-state index in [2.05, 4.69) is 27.8 Å². The molecule has 0 bridgehead atoms. The van der Waals surface area contributed by atoms with Gasteiger partial charge in [0, 0.05) is 19.5 Å². The lowest BCUT2D eigenvalue weighted by Crippen LogP contribution is -2.59. The number of nitrogens with zero attached hydrogens (tertiary/aromatic N) is 1. The quantitative estimate of drug-likeness (QED) is 0.272. The van der Waals surface area contributed by atoms with Gasteiger partial charge in [-0.05, 0) is 31.6 Å². The van der Waals surface area contributed by atoms with Gasteiger partial charge in [0.2, 0.25) is 17.7 Å². The van der Waals surface area contributed by atoms with Crippen LogP contribution < -0.4 is 21.3 Å². The molecule has 34 heavy (non-hydrogen) atoms. The molecule has 2 unspecified atom stereocenters. The maximum Gasteiger partial charge on any atom is 0.332 e. The van der Waals surface area contributed by atoms with E-state index in [4.69, 9.17) is 4.74 Å². The van der Waals surface area contributed by atoms with Crippen molar-refractivity contribution < 1.29 is 28.7 Å². The third-order valence-corrected chi connectivity index (χ3v) is 6.20. The molecule has 1 heterocycles. The van der Waals surface area contributed by atoms with Crippen LogP contribution in [0.15, 0.2) is 12.7 Å². The highest BCUT2D eigenvalue weighted by molar-refractivity contribution is 5.95. The molecule has 1 aliphatic heterocycles. The van der Waals surface area contributed by atoms with Crippen molar-refractivity contribution in [3.05, 3.63) is 12.7 Å². The lowest BCUT2D eigenvalue weighted by molar-refractivity contribution is -0.147. The first-order valence-electron chi connectivity index (χ1n) is 11.6. The SMILES string of the molecule is C=CC1CC1(NC(=O)N1CCC[C@@H]1C(=O)N[C@H](C(=O)NCC(=O)NC)C(C)(C)C)C(=O)OCC. The third-order valence-electron chi connectivity index (χ3n) is 6.20. The van der Waals surface area contributed by atoms with Crippen LogP contribution in [-0.2, 0) is 23.9 Å². The summed E-state index contributed by atoms with van der Waals surface area (Å²) in [5.41, 5.74) is -1.81. The lowest BCUT2D eigenvalue weighted by atomic mass is 9.86. The number of nitrogens with one attached hydrogen (secondary N) is 4. The number of likely N-dealkylation sites (N-methyl/N-ethyl adjacent to an activating group) is 1. The zero-order valence-electron chi connectivity index (χ0n) is 20.7. The molecule has 0 radical (unpaired) electrons. The van der Waals surface area contributed by atoms with Crippen molar-refractivity contribution in [1.29, 1.82) is 0 Å². The predicted molar refractivity (Wildman–Crippen MR) is 124 cm³/mol. The van der Waals surface area contributed by atoms with E-state index in [1.807, 2.05) is 0 Å². The van der Waals surface area contributed by atoms with Gasteiger partial charge in [0.25, 0.3) is 0 Å². The summed E-state index contributed by atoms with van der Waals surface area (Å²) in [6.07, 6.45) is 3.03. The number of carbonyl (C=O) groups is 5. The van der Waals surface area contributed by atoms with Crippen LogP contribution in [-0.4, -0.2) is 79.0 Å². The van der Waals surface area contributed by atoms with Gasteiger partial charge in [0.05, 0.1) is 13.2 Å². The number of likely N-dealkylation sites (tertiary alicyclic amines) is 1. The topological polar surface area (TPSA) is 146 Å². The number of amides is 5. The first kappa shape index (κ1) is 27.1. The van der Waals surface area contributed by atoms with Gasteiger partial charge >= 0.3 is 12.0 Å². The van der Waals surface area contributed by atoms with Crippen LogP contribution in [0.2, 0.25) is 0 Å². The van der Waals surface area contributed by atoms with Crippen molar-refractivity contribution in [2.24, 2.45) is 11.3 Å². The highest BCUT2D eigenvalue weighted by Gasteiger charge is 2.61. The van der Waals surface area contributed by atoms with Gasteiger partial charge in [-0.25, -0.2) is 9.59 Å². The molecule has 5 amide bonds. The van der Waals surface area contributed by atoms with E-state index in [9.17, 15) is 24.0 Å². The maximum atomic E-state index is 13.2. The Labute approximate surface area is 200 Å². The van der Waals surface area contributed by atoms with Crippen molar-refractivity contribution in [2.75, 3.05) is 26.7 Å². The molecular formula is C23H37N5O6. The number of urea groups is 1. The number of hydrogen-bond donors (Lipinski definition) is 4. The van der Waals surface area contributed by atoms with Crippen molar-refractivity contribution in [3.63, 3.8) is 0 Å². The van der Waals surface area contributed by atoms with Crippen molar-refractivity contribution >= 4 is 29.7 Å². The minimum Gasteiger partial charge on any atom is -0.464 e. The summed E-state index contributed by atoms with van der Waals surface area (Å²) in [5, 5.41) is 10.5. The molecule has 2 aliphatic rings. The third kappa shape index (κ3) is 6.06. The predicted octanol–water partition coefficient (Wildman–Crippen LogP) is 0.0613. The van der Waals surface area contributed by atoms with Gasteiger partial charge in [-0.2, -0.15) is 0 Å². The molecule has 0 spiro atoms. The van der Waals surface area contributed by atoms with Crippen molar-refractivity contribution in [1.82, 2.24) is 26.2 Å². The second-order valence-electron chi connectivity index (χ2n) is 9.72. The van der Waals surface area contributed by atoms with Crippen molar-refractivity contribution in [2.45, 2.75) is 64.6 Å². The molecule has 0 aromatic rings. The Balaban J connectivity index is 2.10. The van der Waals surface area contributed by atoms with Gasteiger partial charge in [-0.1, -0.05) is 26.8 Å². The highest BCUT2D eigenvalue weighted by atomic mass is 16.5. The first-order chi connectivity index (χ1) is 15.9. The fourth-order valence-corrected chi connectivity index (χ4v) is 4.08. The summed E-state index contributed by atoms with van der Waals surface area (Å²) in [6, 6.07) is -2.25. The van der Waals surface area contributed by atoms with Gasteiger partial charge < -0.3 is 30.9 Å². The molecule has 4 N–H and O–H groups in total. The maximum absolute atomic E-state index is 13.2. The summed E-state index contributed by atoms with van der Waals surface area (Å²) in [5.74, 6) is -2.08. The highest BCUT2D eigenvalue weighted by Crippen LogP contribution is 2.45. The van der Waals surface area contributed by atoms with E-state index in [1.165, 1.54) is 11.9 Å². The summed E-state index contributed by atoms with van der Waals surface area (Å²) >= 11 is 0. The van der Waals surface area contributed by atoms with Crippen LogP contribution in [0.3, 0.4) is 0 Å². The van der Waals surface area contributed by atoms with E-state index in [-0.39, 0.29) is 25.0 Å². The first-order valence-corrected chi connectivity index (χ1v) is 11.6. The second-order valence-corrected chi connectivity index (χ2v) is 9.72. The number of esters is 1. The average molecular weight is 480 g/mol. The minimum absolute atomic E-state index is 0.186. The lowest BCUT2D eigenvalue weighted by Gasteiger charge is -2.33. The number of hydrogen-bond acceptors (Lipinski definition) is 6. The fraction of sp³-hybridized carbons (Fsp3) is 0.696. The van der Waals surface area contributed by atoms with Crippen LogP contribution in [0.5, 0.6) is 0 Å². The molecule has 2 rings (SSSR count). The smallest absolute Gasteiger partial charge is 0.332 e. The number of rotatable bonds is 9. The molecule has 2 fully saturated rings. The molecule has 0 aromatic heterocycles. The van der Waals surface area contributed by atoms with E-state index in [0.29, 0.717) is 25.8 Å². The Morgan fingerprint density at radius 3 is 2.44 bits per heavy atom. The van der Waals surface area contributed by atoms with E-state index >= 15 is 0 Å². The largest absolute Gasteiger partial charge is 0.464 e. The monoisotopic (exact) mass is 479 g/mol. The molecule has 190 valence electrons. The molecule has 1 saturated heterocycles. The molecule has 0 aromatic carbocycles. The van der Waals surface area contributed by atoms with Crippen LogP contribution in [0.1, 0.15) is 47.0 Å². The van der Waals surface area contributed by atoms with Crippen LogP contribution in [0, 0.1) is 11.3 Å². The number of carbonyl (C=O) groups excluding carboxylic acids is 5. The zero-order valence-corrected chi connectivity index (χ0v) is 20.7. The van der Waals surface area contributed by atoms with E-state index < -0.39 is 46.9 Å². The molecule has 4 atom stereocenters. The minimum atomic E-state index is -1.16. The fourth-order valence-electron chi connectivity index (χ4n) is 4.08. The van der Waals surface area contributed by atoms with E-state index in [0.717, 1.165) is 0 Å². The van der Waals surface area contributed by atoms with Crippen LogP contribution >= 0.6 is 0 Å². The van der Waals surface area contributed by atoms with E-state index in [1.54, 1.807) is 33.8 Å². The average Bonchev–Trinajstić information content (AvgIpc) is 3.26. The Morgan fingerprint density at radius 2 is 1.91 bits per heavy atom. The van der Waals surface area contributed by atoms with Gasteiger partial charge in [-0.15, -0.1) is 6.58 Å². The Bertz CT molecular complexity index is 838. The second kappa shape index (κ2) is 10.9. The number of ether oxygens (including phenoxy) is 1. The van der Waals surface area contributed by atoms with Crippen LogP contribution in [0.25, 0.3) is 0 Å². The Hall–Kier alpha value is -3.11. The van der Waals surface area contributed by atoms with Gasteiger partial charge in [-0.3, -0.25) is 14.4 Å². The summed E-state index contributed by atoms with van der Waals surface area (Å²) < 4.78 is 5.13. The molecule has 11 heteroatoms. The summed E-state index contributed by atoms with van der Waals surface area (Å²) in [6.45, 7) is 11.1.